The first kappa shape index (κ1) is 13.8. The van der Waals surface area contributed by atoms with Crippen LogP contribution in [0.15, 0.2) is 23.1 Å². The largest absolute Gasteiger partial charge is 0.388 e. The standard InChI is InChI=1S/C13H18N2O4/c1-15-5-2-10(8-11(15)16)12(17)14-9-13(18)3-6-19-7-4-13/h2,5,8,18H,3-4,6-7,9H2,1H3,(H,14,17). The minimum Gasteiger partial charge on any atom is -0.388 e. The molecule has 104 valence electrons. The van der Waals surface area contributed by atoms with E-state index in [0.717, 1.165) is 0 Å². The van der Waals surface area contributed by atoms with E-state index in [0.29, 0.717) is 31.6 Å². The van der Waals surface area contributed by atoms with Gasteiger partial charge in [0.15, 0.2) is 0 Å². The van der Waals surface area contributed by atoms with E-state index in [9.17, 15) is 14.7 Å². The van der Waals surface area contributed by atoms with Crippen molar-refractivity contribution >= 4 is 5.91 Å². The van der Waals surface area contributed by atoms with Gasteiger partial charge < -0.3 is 19.7 Å². The van der Waals surface area contributed by atoms with Gasteiger partial charge in [-0.05, 0) is 6.07 Å². The number of amides is 1. The van der Waals surface area contributed by atoms with Gasteiger partial charge >= 0.3 is 0 Å². The number of carbonyl (C=O) groups excluding carboxylic acids is 1. The summed E-state index contributed by atoms with van der Waals surface area (Å²) in [6.45, 7) is 1.17. The molecule has 2 rings (SSSR count). The molecular formula is C13H18N2O4. The number of aromatic nitrogens is 1. The van der Waals surface area contributed by atoms with Crippen LogP contribution in [-0.2, 0) is 11.8 Å². The lowest BCUT2D eigenvalue weighted by Crippen LogP contribution is -2.46. The maximum Gasteiger partial charge on any atom is 0.251 e. The summed E-state index contributed by atoms with van der Waals surface area (Å²) in [5.41, 5.74) is -0.843. The summed E-state index contributed by atoms with van der Waals surface area (Å²) < 4.78 is 6.56. The Morgan fingerprint density at radius 1 is 1.53 bits per heavy atom. The van der Waals surface area contributed by atoms with E-state index in [4.69, 9.17) is 4.74 Å². The molecule has 1 fully saturated rings. The van der Waals surface area contributed by atoms with Crippen LogP contribution in [0.5, 0.6) is 0 Å². The van der Waals surface area contributed by atoms with Gasteiger partial charge in [-0.25, -0.2) is 0 Å². The summed E-state index contributed by atoms with van der Waals surface area (Å²) >= 11 is 0. The lowest BCUT2D eigenvalue weighted by Gasteiger charge is -2.32. The Labute approximate surface area is 111 Å². The van der Waals surface area contributed by atoms with Crippen molar-refractivity contribution in [2.45, 2.75) is 18.4 Å². The molecule has 0 saturated carbocycles. The van der Waals surface area contributed by atoms with Crippen LogP contribution in [0.3, 0.4) is 0 Å². The minimum absolute atomic E-state index is 0.171. The number of hydrogen-bond donors (Lipinski definition) is 2. The molecule has 1 aromatic rings. The van der Waals surface area contributed by atoms with Crippen LogP contribution in [0.25, 0.3) is 0 Å². The number of nitrogens with one attached hydrogen (secondary N) is 1. The summed E-state index contributed by atoms with van der Waals surface area (Å²) in [5.74, 6) is -0.349. The highest BCUT2D eigenvalue weighted by Crippen LogP contribution is 2.19. The van der Waals surface area contributed by atoms with E-state index in [2.05, 4.69) is 5.32 Å². The zero-order chi connectivity index (χ0) is 13.9. The Hall–Kier alpha value is -1.66. The fourth-order valence-corrected chi connectivity index (χ4v) is 1.96. The van der Waals surface area contributed by atoms with Crippen LogP contribution < -0.4 is 10.9 Å². The van der Waals surface area contributed by atoms with E-state index in [1.54, 1.807) is 19.3 Å². The number of pyridine rings is 1. The van der Waals surface area contributed by atoms with Crippen LogP contribution in [0.2, 0.25) is 0 Å². The number of carbonyl (C=O) groups is 1. The van der Waals surface area contributed by atoms with Crippen LogP contribution in [-0.4, -0.2) is 40.9 Å². The first-order chi connectivity index (χ1) is 9.00. The summed E-state index contributed by atoms with van der Waals surface area (Å²) in [4.78, 5) is 23.3. The number of aliphatic hydroxyl groups is 1. The molecule has 19 heavy (non-hydrogen) atoms. The Morgan fingerprint density at radius 3 is 2.84 bits per heavy atom. The molecule has 2 heterocycles. The van der Waals surface area contributed by atoms with Crippen molar-refractivity contribution in [3.8, 4) is 0 Å². The van der Waals surface area contributed by atoms with Crippen molar-refractivity contribution in [2.24, 2.45) is 7.05 Å². The van der Waals surface area contributed by atoms with Crippen LogP contribution >= 0.6 is 0 Å². The second-order valence-electron chi connectivity index (χ2n) is 4.88. The van der Waals surface area contributed by atoms with E-state index < -0.39 is 5.60 Å². The third-order valence-electron chi connectivity index (χ3n) is 3.37. The molecule has 1 aliphatic heterocycles. The second-order valence-corrected chi connectivity index (χ2v) is 4.88. The molecule has 6 heteroatoms. The highest BCUT2D eigenvalue weighted by atomic mass is 16.5. The van der Waals surface area contributed by atoms with Gasteiger partial charge in [0, 0.05) is 57.5 Å². The van der Waals surface area contributed by atoms with Gasteiger partial charge in [-0.15, -0.1) is 0 Å². The molecule has 0 atom stereocenters. The Kier molecular flexibility index (Phi) is 4.01. The van der Waals surface area contributed by atoms with Gasteiger partial charge in [-0.1, -0.05) is 0 Å². The molecule has 1 aromatic heterocycles. The third-order valence-corrected chi connectivity index (χ3v) is 3.37. The van der Waals surface area contributed by atoms with Crippen molar-refractivity contribution in [1.82, 2.24) is 9.88 Å². The molecule has 0 bridgehead atoms. The van der Waals surface area contributed by atoms with E-state index in [-0.39, 0.29) is 18.0 Å². The fraction of sp³-hybridized carbons (Fsp3) is 0.538. The van der Waals surface area contributed by atoms with E-state index in [1.165, 1.54) is 10.6 Å². The topological polar surface area (TPSA) is 80.6 Å². The average molecular weight is 266 g/mol. The Balaban J connectivity index is 1.97. The summed E-state index contributed by atoms with van der Waals surface area (Å²) in [6, 6.07) is 2.86. The van der Waals surface area contributed by atoms with Crippen LogP contribution in [0.1, 0.15) is 23.2 Å². The number of hydrogen-bond acceptors (Lipinski definition) is 4. The smallest absolute Gasteiger partial charge is 0.251 e. The predicted molar refractivity (Wildman–Crippen MR) is 69.0 cm³/mol. The molecule has 0 radical (unpaired) electrons. The Bertz CT molecular complexity index is 518. The van der Waals surface area contributed by atoms with Crippen molar-refractivity contribution in [1.29, 1.82) is 0 Å². The fourth-order valence-electron chi connectivity index (χ4n) is 1.96. The van der Waals surface area contributed by atoms with Gasteiger partial charge in [0.2, 0.25) is 0 Å². The molecule has 1 amide bonds. The van der Waals surface area contributed by atoms with Gasteiger partial charge in [0.25, 0.3) is 11.5 Å². The Morgan fingerprint density at radius 2 is 2.21 bits per heavy atom. The predicted octanol–water partition coefficient (Wildman–Crippen LogP) is -0.343. The summed E-state index contributed by atoms with van der Waals surface area (Å²) in [7, 11) is 1.62. The van der Waals surface area contributed by atoms with Crippen molar-refractivity contribution in [2.75, 3.05) is 19.8 Å². The minimum atomic E-state index is -0.909. The number of rotatable bonds is 3. The zero-order valence-corrected chi connectivity index (χ0v) is 10.9. The van der Waals surface area contributed by atoms with Gasteiger partial charge in [-0.3, -0.25) is 9.59 Å². The molecule has 0 unspecified atom stereocenters. The normalized spacial score (nSPS) is 18.0. The molecule has 0 aliphatic carbocycles. The molecule has 6 nitrogen and oxygen atoms in total. The molecule has 1 saturated heterocycles. The quantitative estimate of drug-likeness (QED) is 0.784. The first-order valence-electron chi connectivity index (χ1n) is 6.25. The van der Waals surface area contributed by atoms with Crippen LogP contribution in [0, 0.1) is 0 Å². The summed E-state index contributed by atoms with van der Waals surface area (Å²) in [5, 5.41) is 12.9. The second kappa shape index (κ2) is 5.54. The third kappa shape index (κ3) is 3.42. The lowest BCUT2D eigenvalue weighted by atomic mass is 9.94. The lowest BCUT2D eigenvalue weighted by molar-refractivity contribution is -0.0605. The van der Waals surface area contributed by atoms with Gasteiger partial charge in [-0.2, -0.15) is 0 Å². The number of aryl methyl sites for hydroxylation is 1. The highest BCUT2D eigenvalue weighted by molar-refractivity contribution is 5.94. The molecule has 2 N–H and O–H groups in total. The maximum absolute atomic E-state index is 11.9. The first-order valence-corrected chi connectivity index (χ1v) is 6.25. The molecule has 1 aliphatic rings. The van der Waals surface area contributed by atoms with E-state index >= 15 is 0 Å². The van der Waals surface area contributed by atoms with Crippen molar-refractivity contribution in [3.05, 3.63) is 34.2 Å². The monoisotopic (exact) mass is 266 g/mol. The number of nitrogens with zero attached hydrogens (tertiary/aromatic N) is 1. The summed E-state index contributed by atoms with van der Waals surface area (Å²) in [6.07, 6.45) is 2.55. The zero-order valence-electron chi connectivity index (χ0n) is 10.9. The highest BCUT2D eigenvalue weighted by Gasteiger charge is 2.30. The average Bonchev–Trinajstić information content (AvgIpc) is 2.40. The molecule has 0 spiro atoms. The number of ether oxygens (including phenoxy) is 1. The van der Waals surface area contributed by atoms with Gasteiger partial charge in [0.1, 0.15) is 0 Å². The van der Waals surface area contributed by atoms with Crippen molar-refractivity contribution in [3.63, 3.8) is 0 Å². The molecule has 0 aromatic carbocycles. The molecular weight excluding hydrogens is 248 g/mol. The van der Waals surface area contributed by atoms with E-state index in [1.807, 2.05) is 0 Å². The SMILES string of the molecule is Cn1ccc(C(=O)NCC2(O)CCOCC2)cc1=O. The van der Waals surface area contributed by atoms with Crippen molar-refractivity contribution < 1.29 is 14.6 Å². The van der Waals surface area contributed by atoms with Gasteiger partial charge in [0.05, 0.1) is 5.60 Å². The van der Waals surface area contributed by atoms with Crippen LogP contribution in [0.4, 0.5) is 0 Å². The maximum atomic E-state index is 11.9.